The van der Waals surface area contributed by atoms with E-state index in [9.17, 15) is 4.79 Å². The van der Waals surface area contributed by atoms with Crippen LogP contribution >= 0.6 is 23.2 Å². The van der Waals surface area contributed by atoms with E-state index >= 15 is 0 Å². The Morgan fingerprint density at radius 2 is 2.29 bits per heavy atom. The molecule has 0 aliphatic carbocycles. The molecule has 0 aliphatic heterocycles. The second kappa shape index (κ2) is 9.60. The minimum atomic E-state index is -0.484. The molecule has 0 spiro atoms. The highest BCUT2D eigenvalue weighted by atomic mass is 35.5. The van der Waals surface area contributed by atoms with E-state index in [1.165, 1.54) is 6.20 Å². The van der Waals surface area contributed by atoms with Crippen molar-refractivity contribution in [2.24, 2.45) is 0 Å². The number of amides is 1. The molecule has 0 aliphatic rings. The molecule has 1 aromatic heterocycles. The van der Waals surface area contributed by atoms with Gasteiger partial charge in [-0.2, -0.15) is 0 Å². The summed E-state index contributed by atoms with van der Waals surface area (Å²) < 4.78 is 5.34. The maximum absolute atomic E-state index is 11.7. The number of anilines is 1. The Hall–Kier alpha value is -1.30. The molecular formula is C14H19Cl2N3O2. The topological polar surface area (TPSA) is 63.2 Å². The summed E-state index contributed by atoms with van der Waals surface area (Å²) in [5.74, 6) is 0.377. The molecule has 116 valence electrons. The Kier molecular flexibility index (Phi) is 8.12. The summed E-state index contributed by atoms with van der Waals surface area (Å²) in [4.78, 5) is 15.8. The van der Waals surface area contributed by atoms with Gasteiger partial charge in [0, 0.05) is 19.3 Å². The minimum Gasteiger partial charge on any atom is -0.368 e. The first kappa shape index (κ1) is 17.8. The Balaban J connectivity index is 2.24. The maximum atomic E-state index is 11.7. The summed E-state index contributed by atoms with van der Waals surface area (Å²) >= 11 is 11.7. The lowest BCUT2D eigenvalue weighted by Gasteiger charge is -2.13. The molecule has 2 N–H and O–H groups in total. The third-order valence-electron chi connectivity index (χ3n) is 2.58. The summed E-state index contributed by atoms with van der Waals surface area (Å²) in [6.07, 6.45) is 3.49. The second-order valence-electron chi connectivity index (χ2n) is 4.29. The van der Waals surface area contributed by atoms with Crippen LogP contribution < -0.4 is 10.6 Å². The molecule has 0 bridgehead atoms. The molecule has 0 radical (unpaired) electrons. The first-order chi connectivity index (χ1) is 10.0. The molecule has 1 heterocycles. The van der Waals surface area contributed by atoms with E-state index in [0.717, 1.165) is 6.42 Å². The van der Waals surface area contributed by atoms with Crippen LogP contribution in [0.2, 0.25) is 10.0 Å². The van der Waals surface area contributed by atoms with Crippen LogP contribution in [0.1, 0.15) is 13.3 Å². The highest BCUT2D eigenvalue weighted by Crippen LogP contribution is 2.21. The quantitative estimate of drug-likeness (QED) is 0.539. The molecular weight excluding hydrogens is 313 g/mol. The third-order valence-corrected chi connectivity index (χ3v) is 3.08. The van der Waals surface area contributed by atoms with Crippen molar-refractivity contribution in [3.63, 3.8) is 0 Å². The summed E-state index contributed by atoms with van der Waals surface area (Å²) in [6, 6.07) is 1.60. The molecule has 0 saturated heterocycles. The predicted molar refractivity (Wildman–Crippen MR) is 86.0 cm³/mol. The number of nitrogens with one attached hydrogen (secondary N) is 2. The van der Waals surface area contributed by atoms with Crippen LogP contribution in [0.4, 0.5) is 5.82 Å². The zero-order valence-corrected chi connectivity index (χ0v) is 13.4. The van der Waals surface area contributed by atoms with Crippen molar-refractivity contribution in [3.05, 3.63) is 35.0 Å². The minimum absolute atomic E-state index is 0.156. The predicted octanol–water partition coefficient (Wildman–Crippen LogP) is 2.90. The maximum Gasteiger partial charge on any atom is 0.248 e. The Morgan fingerprint density at radius 1 is 1.52 bits per heavy atom. The lowest BCUT2D eigenvalue weighted by Crippen LogP contribution is -2.37. The van der Waals surface area contributed by atoms with Crippen LogP contribution in [0.5, 0.6) is 0 Å². The molecule has 1 rings (SSSR count). The lowest BCUT2D eigenvalue weighted by molar-refractivity contribution is -0.131. The largest absolute Gasteiger partial charge is 0.368 e. The average Bonchev–Trinajstić information content (AvgIpc) is 2.45. The molecule has 1 aromatic rings. The Labute approximate surface area is 134 Å². The van der Waals surface area contributed by atoms with Gasteiger partial charge >= 0.3 is 0 Å². The van der Waals surface area contributed by atoms with Gasteiger partial charge in [-0.15, -0.1) is 6.58 Å². The fourth-order valence-corrected chi connectivity index (χ4v) is 1.91. The Bertz CT molecular complexity index is 483. The molecule has 1 unspecified atom stereocenters. The number of hydrogen-bond donors (Lipinski definition) is 2. The van der Waals surface area contributed by atoms with Crippen LogP contribution in [0.3, 0.4) is 0 Å². The number of rotatable bonds is 9. The van der Waals surface area contributed by atoms with Crippen LogP contribution in [-0.4, -0.2) is 36.7 Å². The van der Waals surface area contributed by atoms with Crippen molar-refractivity contribution in [1.29, 1.82) is 0 Å². The van der Waals surface area contributed by atoms with Gasteiger partial charge in [-0.1, -0.05) is 29.3 Å². The van der Waals surface area contributed by atoms with Gasteiger partial charge in [0.2, 0.25) is 5.91 Å². The van der Waals surface area contributed by atoms with Crippen molar-refractivity contribution in [2.45, 2.75) is 19.4 Å². The van der Waals surface area contributed by atoms with E-state index in [-0.39, 0.29) is 5.91 Å². The molecule has 0 saturated carbocycles. The van der Waals surface area contributed by atoms with Crippen molar-refractivity contribution < 1.29 is 9.53 Å². The number of halogens is 2. The summed E-state index contributed by atoms with van der Waals surface area (Å²) in [5.41, 5.74) is 0. The molecule has 1 amide bonds. The number of carbonyl (C=O) groups excluding carboxylic acids is 1. The third kappa shape index (κ3) is 6.80. The molecule has 7 heteroatoms. The van der Waals surface area contributed by atoms with Crippen LogP contribution in [0, 0.1) is 0 Å². The smallest absolute Gasteiger partial charge is 0.248 e. The monoisotopic (exact) mass is 331 g/mol. The number of nitrogens with zero attached hydrogens (tertiary/aromatic N) is 1. The van der Waals surface area contributed by atoms with E-state index in [1.807, 2.05) is 0 Å². The summed E-state index contributed by atoms with van der Waals surface area (Å²) in [7, 11) is 0. The van der Waals surface area contributed by atoms with E-state index < -0.39 is 6.10 Å². The van der Waals surface area contributed by atoms with Gasteiger partial charge in [-0.25, -0.2) is 4.98 Å². The summed E-state index contributed by atoms with van der Waals surface area (Å²) in [5, 5.41) is 6.69. The second-order valence-corrected chi connectivity index (χ2v) is 5.14. The fraction of sp³-hybridized carbons (Fsp3) is 0.429. The van der Waals surface area contributed by atoms with E-state index in [4.69, 9.17) is 27.9 Å². The fourth-order valence-electron chi connectivity index (χ4n) is 1.46. The van der Waals surface area contributed by atoms with Gasteiger partial charge in [-0.05, 0) is 19.4 Å². The first-order valence-corrected chi connectivity index (χ1v) is 7.35. The highest BCUT2D eigenvalue weighted by Gasteiger charge is 2.11. The van der Waals surface area contributed by atoms with Crippen LogP contribution in [0.25, 0.3) is 0 Å². The van der Waals surface area contributed by atoms with Crippen molar-refractivity contribution in [2.75, 3.05) is 25.0 Å². The van der Waals surface area contributed by atoms with E-state index in [0.29, 0.717) is 35.6 Å². The standard InChI is InChI=1S/C14H19Cl2N3O2/c1-3-4-7-21-10(2)14(20)18-6-5-17-13-12(16)8-11(15)9-19-13/h3,8-10H,1,4-7H2,2H3,(H,17,19)(H,18,20). The molecule has 0 fully saturated rings. The normalized spacial score (nSPS) is 11.8. The van der Waals surface area contributed by atoms with Crippen molar-refractivity contribution in [3.8, 4) is 0 Å². The molecule has 0 aromatic carbocycles. The lowest BCUT2D eigenvalue weighted by atomic mass is 10.3. The Morgan fingerprint density at radius 3 is 2.95 bits per heavy atom. The van der Waals surface area contributed by atoms with Gasteiger partial charge in [0.1, 0.15) is 11.9 Å². The van der Waals surface area contributed by atoms with E-state index in [2.05, 4.69) is 22.2 Å². The molecule has 21 heavy (non-hydrogen) atoms. The van der Waals surface area contributed by atoms with Crippen molar-refractivity contribution >= 4 is 34.9 Å². The number of hydrogen-bond acceptors (Lipinski definition) is 4. The van der Waals surface area contributed by atoms with Gasteiger partial charge in [0.05, 0.1) is 16.7 Å². The number of aromatic nitrogens is 1. The zero-order valence-electron chi connectivity index (χ0n) is 11.9. The molecule has 1 atom stereocenters. The van der Waals surface area contributed by atoms with Crippen LogP contribution in [-0.2, 0) is 9.53 Å². The molecule has 5 nitrogen and oxygen atoms in total. The highest BCUT2D eigenvalue weighted by molar-refractivity contribution is 6.35. The number of ether oxygens (including phenoxy) is 1. The van der Waals surface area contributed by atoms with Gasteiger partial charge in [0.25, 0.3) is 0 Å². The number of carbonyl (C=O) groups is 1. The van der Waals surface area contributed by atoms with Gasteiger partial charge < -0.3 is 15.4 Å². The first-order valence-electron chi connectivity index (χ1n) is 6.59. The van der Waals surface area contributed by atoms with E-state index in [1.54, 1.807) is 19.1 Å². The zero-order chi connectivity index (χ0) is 15.7. The van der Waals surface area contributed by atoms with Crippen LogP contribution in [0.15, 0.2) is 24.9 Å². The SMILES string of the molecule is C=CCCOC(C)C(=O)NCCNc1ncc(Cl)cc1Cl. The van der Waals surface area contributed by atoms with Gasteiger partial charge in [0.15, 0.2) is 0 Å². The van der Waals surface area contributed by atoms with Crippen molar-refractivity contribution in [1.82, 2.24) is 10.3 Å². The summed E-state index contributed by atoms with van der Waals surface area (Å²) in [6.45, 7) is 6.73. The average molecular weight is 332 g/mol. The number of pyridine rings is 1. The van der Waals surface area contributed by atoms with Gasteiger partial charge in [-0.3, -0.25) is 4.79 Å².